The number of aromatic nitrogens is 3. The summed E-state index contributed by atoms with van der Waals surface area (Å²) in [4.78, 5) is 33.9. The topological polar surface area (TPSA) is 110 Å². The number of piperidine rings is 1. The molecule has 1 atom stereocenters. The second-order valence-electron chi connectivity index (χ2n) is 11.5. The van der Waals surface area contributed by atoms with Crippen molar-refractivity contribution in [3.63, 3.8) is 0 Å². The number of amides is 1. The van der Waals surface area contributed by atoms with Gasteiger partial charge in [0.2, 0.25) is 0 Å². The highest BCUT2D eigenvalue weighted by molar-refractivity contribution is 6.00. The average Bonchev–Trinajstić information content (AvgIpc) is 3.44. The van der Waals surface area contributed by atoms with Gasteiger partial charge in [0.1, 0.15) is 6.61 Å². The monoisotopic (exact) mass is 583 g/mol. The number of pyridine rings is 1. The van der Waals surface area contributed by atoms with Crippen LogP contribution in [0.1, 0.15) is 60.4 Å². The lowest BCUT2D eigenvalue weighted by molar-refractivity contribution is 0.0690. The van der Waals surface area contributed by atoms with E-state index in [9.17, 15) is 14.7 Å². The summed E-state index contributed by atoms with van der Waals surface area (Å²) in [6, 6.07) is 19.3. The molecular weight excluding hydrogens is 546 g/mol. The molecule has 224 valence electrons. The zero-order chi connectivity index (χ0) is 29.9. The van der Waals surface area contributed by atoms with Crippen LogP contribution in [-0.2, 0) is 16.1 Å². The first-order valence-electron chi connectivity index (χ1n) is 14.9. The smallest absolute Gasteiger partial charge is 0.410 e. The van der Waals surface area contributed by atoms with Crippen LogP contribution >= 0.6 is 0 Å². The number of hydrogen-bond acceptors (Lipinski definition) is 7. The lowest BCUT2D eigenvalue weighted by Gasteiger charge is -2.32. The molecule has 2 aliphatic heterocycles. The van der Waals surface area contributed by atoms with Crippen molar-refractivity contribution in [1.82, 2.24) is 19.7 Å². The van der Waals surface area contributed by atoms with Gasteiger partial charge < -0.3 is 24.4 Å². The van der Waals surface area contributed by atoms with Crippen LogP contribution < -0.4 is 4.90 Å². The molecule has 2 aliphatic rings. The molecule has 1 N–H and O–H groups in total. The molecule has 10 nitrogen and oxygen atoms in total. The normalized spacial score (nSPS) is 17.4. The first-order chi connectivity index (χ1) is 20.9. The number of benzene rings is 2. The summed E-state index contributed by atoms with van der Waals surface area (Å²) in [5, 5.41) is 15.9. The van der Waals surface area contributed by atoms with Gasteiger partial charge in [-0.25, -0.2) is 19.3 Å². The van der Waals surface area contributed by atoms with Crippen LogP contribution in [0.15, 0.2) is 60.7 Å². The molecule has 2 aromatic heterocycles. The van der Waals surface area contributed by atoms with Gasteiger partial charge in [-0.2, -0.15) is 5.10 Å². The molecule has 0 bridgehead atoms. The van der Waals surface area contributed by atoms with Gasteiger partial charge in [0.05, 0.1) is 30.3 Å². The second kappa shape index (κ2) is 12.4. The van der Waals surface area contributed by atoms with E-state index in [2.05, 4.69) is 35.9 Å². The molecule has 0 radical (unpaired) electrons. The Morgan fingerprint density at radius 2 is 1.79 bits per heavy atom. The lowest BCUT2D eigenvalue weighted by atomic mass is 9.97. The van der Waals surface area contributed by atoms with Gasteiger partial charge >= 0.3 is 12.1 Å². The number of morpholine rings is 1. The predicted molar refractivity (Wildman–Crippen MR) is 164 cm³/mol. The number of rotatable bonds is 7. The van der Waals surface area contributed by atoms with E-state index in [1.807, 2.05) is 47.1 Å². The van der Waals surface area contributed by atoms with Crippen LogP contribution in [0.5, 0.6) is 0 Å². The third-order valence-electron chi connectivity index (χ3n) is 8.22. The van der Waals surface area contributed by atoms with E-state index in [-0.39, 0.29) is 30.4 Å². The fraction of sp³-hybridized carbons (Fsp3) is 0.394. The van der Waals surface area contributed by atoms with E-state index in [0.29, 0.717) is 32.0 Å². The highest BCUT2D eigenvalue weighted by Crippen LogP contribution is 2.37. The van der Waals surface area contributed by atoms with Crippen molar-refractivity contribution in [2.45, 2.75) is 45.3 Å². The summed E-state index contributed by atoms with van der Waals surface area (Å²) < 4.78 is 13.0. The van der Waals surface area contributed by atoms with Gasteiger partial charge in [-0.15, -0.1) is 0 Å². The van der Waals surface area contributed by atoms with Crippen molar-refractivity contribution in [1.29, 1.82) is 0 Å². The number of carbonyl (C=O) groups is 2. The largest absolute Gasteiger partial charge is 0.477 e. The van der Waals surface area contributed by atoms with Crippen molar-refractivity contribution >= 4 is 28.8 Å². The molecule has 0 aliphatic carbocycles. The zero-order valence-corrected chi connectivity index (χ0v) is 24.6. The van der Waals surface area contributed by atoms with Gasteiger partial charge in [0, 0.05) is 31.9 Å². The Bertz CT molecular complexity index is 1600. The van der Waals surface area contributed by atoms with Gasteiger partial charge in [0.15, 0.2) is 11.3 Å². The first kappa shape index (κ1) is 28.7. The van der Waals surface area contributed by atoms with Crippen LogP contribution in [0.2, 0.25) is 0 Å². The molecule has 1 amide bonds. The molecule has 6 rings (SSSR count). The van der Waals surface area contributed by atoms with Crippen molar-refractivity contribution in [2.75, 3.05) is 44.3 Å². The standard InChI is InChI=1S/C33H37N5O5/c1-22(2)30-29-27(24-10-12-25(13-11-24)36-15-17-42-18-16-36)19-28(32(39)40)34-31(29)38(35-30)26-9-6-14-37(20-26)33(41)43-21-23-7-4-3-5-8-23/h3-5,7-8,10-13,19,22,26H,6,9,14-18,20-21H2,1-2H3,(H,39,40). The lowest BCUT2D eigenvalue weighted by Crippen LogP contribution is -2.41. The number of carboxylic acid groups (broad SMARTS) is 1. The quantitative estimate of drug-likeness (QED) is 0.294. The Labute approximate surface area is 250 Å². The van der Waals surface area contributed by atoms with E-state index < -0.39 is 5.97 Å². The average molecular weight is 584 g/mol. The fourth-order valence-electron chi connectivity index (χ4n) is 5.96. The first-order valence-corrected chi connectivity index (χ1v) is 14.9. The molecule has 43 heavy (non-hydrogen) atoms. The van der Waals surface area contributed by atoms with Crippen LogP contribution in [0.25, 0.3) is 22.2 Å². The zero-order valence-electron chi connectivity index (χ0n) is 24.6. The van der Waals surface area contributed by atoms with Crippen LogP contribution in [0.4, 0.5) is 10.5 Å². The van der Waals surface area contributed by atoms with E-state index in [1.165, 1.54) is 0 Å². The SMILES string of the molecule is CC(C)c1nn(C2CCCN(C(=O)OCc3ccccc3)C2)c2nc(C(=O)O)cc(-c3ccc(N4CCOCC4)cc3)c12. The number of hydrogen-bond donors (Lipinski definition) is 1. The molecule has 4 heterocycles. The van der Waals surface area contributed by atoms with E-state index in [0.717, 1.165) is 59.4 Å². The number of carboxylic acids is 1. The molecule has 10 heteroatoms. The van der Waals surface area contributed by atoms with Crippen LogP contribution in [0.3, 0.4) is 0 Å². The highest BCUT2D eigenvalue weighted by atomic mass is 16.6. The Morgan fingerprint density at radius 3 is 2.49 bits per heavy atom. The summed E-state index contributed by atoms with van der Waals surface area (Å²) in [6.07, 6.45) is 1.20. The maximum Gasteiger partial charge on any atom is 0.410 e. The summed E-state index contributed by atoms with van der Waals surface area (Å²) >= 11 is 0. The number of fused-ring (bicyclic) bond motifs is 1. The molecule has 2 aromatic carbocycles. The Kier molecular flexibility index (Phi) is 8.29. The number of anilines is 1. The van der Waals surface area contributed by atoms with Crippen LogP contribution in [0, 0.1) is 0 Å². The van der Waals surface area contributed by atoms with Crippen molar-refractivity contribution in [3.8, 4) is 11.1 Å². The Balaban J connectivity index is 1.34. The predicted octanol–water partition coefficient (Wildman–Crippen LogP) is 5.73. The summed E-state index contributed by atoms with van der Waals surface area (Å²) in [5.41, 5.74) is 5.09. The molecular formula is C33H37N5O5. The van der Waals surface area contributed by atoms with E-state index in [1.54, 1.807) is 11.0 Å². The number of likely N-dealkylation sites (tertiary alicyclic amines) is 1. The summed E-state index contributed by atoms with van der Waals surface area (Å²) in [6.45, 7) is 8.45. The van der Waals surface area contributed by atoms with Crippen molar-refractivity contribution in [2.24, 2.45) is 0 Å². The molecule has 2 saturated heterocycles. The van der Waals surface area contributed by atoms with Gasteiger partial charge in [-0.1, -0.05) is 56.3 Å². The Hall–Kier alpha value is -4.44. The highest BCUT2D eigenvalue weighted by Gasteiger charge is 2.30. The second-order valence-corrected chi connectivity index (χ2v) is 11.5. The van der Waals surface area contributed by atoms with E-state index >= 15 is 0 Å². The molecule has 4 aromatic rings. The maximum atomic E-state index is 13.0. The Morgan fingerprint density at radius 1 is 1.05 bits per heavy atom. The van der Waals surface area contributed by atoms with Crippen molar-refractivity contribution < 1.29 is 24.2 Å². The van der Waals surface area contributed by atoms with Crippen LogP contribution in [-0.4, -0.2) is 76.2 Å². The molecule has 0 saturated carbocycles. The number of carbonyl (C=O) groups excluding carboxylic acids is 1. The molecule has 0 spiro atoms. The van der Waals surface area contributed by atoms with Gasteiger partial charge in [-0.05, 0) is 53.6 Å². The summed E-state index contributed by atoms with van der Waals surface area (Å²) in [7, 11) is 0. The minimum Gasteiger partial charge on any atom is -0.477 e. The number of ether oxygens (including phenoxy) is 2. The fourth-order valence-corrected chi connectivity index (χ4v) is 5.96. The minimum absolute atomic E-state index is 0.0360. The van der Waals surface area contributed by atoms with Gasteiger partial charge in [-0.3, -0.25) is 0 Å². The summed E-state index contributed by atoms with van der Waals surface area (Å²) in [5.74, 6) is -1.02. The number of aromatic carboxylic acids is 1. The molecule has 1 unspecified atom stereocenters. The minimum atomic E-state index is -1.10. The number of nitrogens with zero attached hydrogens (tertiary/aromatic N) is 5. The maximum absolute atomic E-state index is 13.0. The molecule has 2 fully saturated rings. The van der Waals surface area contributed by atoms with E-state index in [4.69, 9.17) is 14.6 Å². The van der Waals surface area contributed by atoms with Gasteiger partial charge in [0.25, 0.3) is 0 Å². The third kappa shape index (κ3) is 6.06. The van der Waals surface area contributed by atoms with Crippen molar-refractivity contribution in [3.05, 3.63) is 77.6 Å². The third-order valence-corrected chi connectivity index (χ3v) is 8.22.